The van der Waals surface area contributed by atoms with Crippen molar-refractivity contribution in [2.75, 3.05) is 12.3 Å². The van der Waals surface area contributed by atoms with Gasteiger partial charge in [0.15, 0.2) is 0 Å². The molecule has 4 N–H and O–H groups in total. The third-order valence-corrected chi connectivity index (χ3v) is 3.63. The minimum atomic E-state index is -1.27. The zero-order chi connectivity index (χ0) is 15.0. The normalized spacial score (nSPS) is 28.9. The lowest BCUT2D eigenvalue weighted by Crippen LogP contribution is -2.47. The topological polar surface area (TPSA) is 116 Å². The molecule has 1 fully saturated rings. The van der Waals surface area contributed by atoms with E-state index in [1.807, 2.05) is 0 Å². The summed E-state index contributed by atoms with van der Waals surface area (Å²) in [4.78, 5) is 15.9. The van der Waals surface area contributed by atoms with E-state index in [1.165, 1.54) is 16.8 Å². The molecule has 3 atom stereocenters. The van der Waals surface area contributed by atoms with Crippen LogP contribution in [-0.2, 0) is 10.6 Å². The number of hydrogen-bond donors (Lipinski definition) is 3. The summed E-state index contributed by atoms with van der Waals surface area (Å²) in [5, 5.41) is 19.4. The molecule has 0 aromatic carbocycles. The molecule has 0 unspecified atom stereocenters. The quantitative estimate of drug-likeness (QED) is 0.663. The number of nitrogens with zero attached hydrogens (tertiary/aromatic N) is 3. The van der Waals surface area contributed by atoms with Gasteiger partial charge in [-0.15, -0.1) is 0 Å². The van der Waals surface area contributed by atoms with Crippen molar-refractivity contribution in [3.05, 3.63) is 47.3 Å². The molecule has 0 aliphatic carbocycles. The Kier molecular flexibility index (Phi) is 3.28. The van der Waals surface area contributed by atoms with Gasteiger partial charge in [0, 0.05) is 25.0 Å². The minimum absolute atomic E-state index is 0.108. The van der Waals surface area contributed by atoms with Crippen molar-refractivity contribution in [2.45, 2.75) is 24.5 Å². The number of nitrogens with two attached hydrogens (primary N) is 1. The predicted octanol–water partition coefficient (Wildman–Crippen LogP) is -1.07. The van der Waals surface area contributed by atoms with E-state index in [1.54, 1.807) is 29.1 Å². The van der Waals surface area contributed by atoms with Crippen molar-refractivity contribution in [2.24, 2.45) is 0 Å². The van der Waals surface area contributed by atoms with Crippen molar-refractivity contribution < 1.29 is 14.9 Å². The van der Waals surface area contributed by atoms with Crippen molar-refractivity contribution >= 4 is 5.82 Å². The Hall–Kier alpha value is -2.16. The first kappa shape index (κ1) is 13.8. The van der Waals surface area contributed by atoms with Gasteiger partial charge in [0.05, 0.1) is 12.7 Å². The summed E-state index contributed by atoms with van der Waals surface area (Å²) >= 11 is 0. The van der Waals surface area contributed by atoms with Crippen LogP contribution in [0.25, 0.3) is 0 Å². The third-order valence-electron chi connectivity index (χ3n) is 3.63. The smallest absolute Gasteiger partial charge is 0.353 e. The highest BCUT2D eigenvalue weighted by atomic mass is 16.6. The highest BCUT2D eigenvalue weighted by Gasteiger charge is 2.49. The Morgan fingerprint density at radius 1 is 1.43 bits per heavy atom. The van der Waals surface area contributed by atoms with Crippen molar-refractivity contribution in [1.29, 1.82) is 0 Å². The van der Waals surface area contributed by atoms with E-state index in [-0.39, 0.29) is 18.8 Å². The van der Waals surface area contributed by atoms with Gasteiger partial charge in [-0.2, -0.15) is 4.98 Å². The Labute approximate surface area is 120 Å². The molecular weight excluding hydrogens is 276 g/mol. The van der Waals surface area contributed by atoms with Crippen LogP contribution in [0, 0.1) is 0 Å². The maximum Gasteiger partial charge on any atom is 0.353 e. The van der Waals surface area contributed by atoms with Crippen LogP contribution >= 0.6 is 0 Å². The van der Waals surface area contributed by atoms with E-state index >= 15 is 0 Å². The molecule has 0 bridgehead atoms. The van der Waals surface area contributed by atoms with E-state index in [0.717, 1.165) is 0 Å². The van der Waals surface area contributed by atoms with Gasteiger partial charge in [-0.1, -0.05) is 0 Å². The molecule has 8 nitrogen and oxygen atoms in total. The second-order valence-electron chi connectivity index (χ2n) is 4.95. The van der Waals surface area contributed by atoms with Crippen LogP contribution in [0.2, 0.25) is 0 Å². The summed E-state index contributed by atoms with van der Waals surface area (Å²) in [6.45, 7) is -0.346. The van der Waals surface area contributed by atoms with Crippen LogP contribution in [0.4, 0.5) is 5.82 Å². The third kappa shape index (κ3) is 2.13. The van der Waals surface area contributed by atoms with Crippen molar-refractivity contribution in [3.63, 3.8) is 0 Å². The first-order chi connectivity index (χ1) is 10.1. The molecule has 3 heterocycles. The van der Waals surface area contributed by atoms with Crippen LogP contribution < -0.4 is 11.4 Å². The van der Waals surface area contributed by atoms with Gasteiger partial charge < -0.3 is 25.3 Å². The number of ether oxygens (including phenoxy) is 1. The summed E-state index contributed by atoms with van der Waals surface area (Å²) in [6, 6.07) is 5.04. The monoisotopic (exact) mass is 292 g/mol. The SMILES string of the molecule is Nc1ccn([C@@]2(n3cccc3)C[C@H](O)[C@@H](CO)O2)c(=O)n1. The zero-order valence-corrected chi connectivity index (χ0v) is 11.2. The summed E-state index contributed by atoms with van der Waals surface area (Å²) in [5.74, 6) is -1.16. The van der Waals surface area contributed by atoms with E-state index in [4.69, 9.17) is 10.5 Å². The molecule has 3 rings (SSSR count). The molecule has 1 aliphatic heterocycles. The Morgan fingerprint density at radius 3 is 2.71 bits per heavy atom. The standard InChI is InChI=1S/C13H16N4O4/c14-11-3-6-17(12(20)15-11)13(16-4-1-2-5-16)7-9(19)10(8-18)21-13/h1-6,9-10,18-19H,7-8H2,(H2,14,15,20)/t9-,10+,13-/m0/s1. The van der Waals surface area contributed by atoms with Gasteiger partial charge in [-0.3, -0.25) is 4.57 Å². The van der Waals surface area contributed by atoms with Gasteiger partial charge in [-0.05, 0) is 18.2 Å². The van der Waals surface area contributed by atoms with E-state index in [0.29, 0.717) is 0 Å². The fraction of sp³-hybridized carbons (Fsp3) is 0.385. The Balaban J connectivity index is 2.16. The molecule has 0 spiro atoms. The zero-order valence-electron chi connectivity index (χ0n) is 11.2. The van der Waals surface area contributed by atoms with Gasteiger partial charge >= 0.3 is 5.69 Å². The lowest BCUT2D eigenvalue weighted by molar-refractivity contribution is -0.137. The number of hydrogen-bond acceptors (Lipinski definition) is 6. The molecule has 0 amide bonds. The molecule has 21 heavy (non-hydrogen) atoms. The first-order valence-electron chi connectivity index (χ1n) is 6.53. The van der Waals surface area contributed by atoms with E-state index in [9.17, 15) is 15.0 Å². The average molecular weight is 292 g/mol. The van der Waals surface area contributed by atoms with Crippen molar-refractivity contribution in [3.8, 4) is 0 Å². The van der Waals surface area contributed by atoms with Gasteiger partial charge in [0.2, 0.25) is 5.85 Å². The Morgan fingerprint density at radius 2 is 2.14 bits per heavy atom. The average Bonchev–Trinajstić information content (AvgIpc) is 3.07. The molecule has 2 aromatic rings. The number of nitrogen functional groups attached to an aromatic ring is 1. The number of aromatic nitrogens is 3. The summed E-state index contributed by atoms with van der Waals surface area (Å²) < 4.78 is 8.73. The highest BCUT2D eigenvalue weighted by molar-refractivity contribution is 5.24. The molecule has 1 saturated heterocycles. The molecule has 1 aliphatic rings. The lowest BCUT2D eigenvalue weighted by atomic mass is 10.1. The Bertz CT molecular complexity index is 684. The molecule has 0 saturated carbocycles. The molecule has 112 valence electrons. The number of anilines is 1. The van der Waals surface area contributed by atoms with Crippen LogP contribution in [0.5, 0.6) is 0 Å². The number of aliphatic hydroxyl groups excluding tert-OH is 2. The van der Waals surface area contributed by atoms with Gasteiger partial charge in [-0.25, -0.2) is 4.79 Å². The summed E-state index contributed by atoms with van der Waals surface area (Å²) in [7, 11) is 0. The van der Waals surface area contributed by atoms with Crippen LogP contribution in [-0.4, -0.2) is 43.1 Å². The van der Waals surface area contributed by atoms with Crippen molar-refractivity contribution in [1.82, 2.24) is 14.1 Å². The highest BCUT2D eigenvalue weighted by Crippen LogP contribution is 2.35. The molecule has 2 aromatic heterocycles. The second-order valence-corrected chi connectivity index (χ2v) is 4.95. The summed E-state index contributed by atoms with van der Waals surface area (Å²) in [6.07, 6.45) is 3.33. The van der Waals surface area contributed by atoms with Gasteiger partial charge in [0.1, 0.15) is 11.9 Å². The van der Waals surface area contributed by atoms with Crippen LogP contribution in [0.15, 0.2) is 41.6 Å². The maximum absolute atomic E-state index is 12.2. The second kappa shape index (κ2) is 4.99. The predicted molar refractivity (Wildman–Crippen MR) is 73.3 cm³/mol. The maximum atomic E-state index is 12.2. The first-order valence-corrected chi connectivity index (χ1v) is 6.53. The largest absolute Gasteiger partial charge is 0.394 e. The van der Waals surface area contributed by atoms with Gasteiger partial charge in [0.25, 0.3) is 0 Å². The van der Waals surface area contributed by atoms with E-state index in [2.05, 4.69) is 4.98 Å². The minimum Gasteiger partial charge on any atom is -0.394 e. The fourth-order valence-electron chi connectivity index (χ4n) is 2.63. The number of aliphatic hydroxyl groups is 2. The molecule has 8 heteroatoms. The van der Waals surface area contributed by atoms with Crippen LogP contribution in [0.1, 0.15) is 6.42 Å². The lowest BCUT2D eigenvalue weighted by Gasteiger charge is -2.32. The van der Waals surface area contributed by atoms with E-state index < -0.39 is 23.7 Å². The molecular formula is C13H16N4O4. The fourth-order valence-corrected chi connectivity index (χ4v) is 2.63. The van der Waals surface area contributed by atoms with Crippen LogP contribution in [0.3, 0.4) is 0 Å². The summed E-state index contributed by atoms with van der Waals surface area (Å²) in [5.41, 5.74) is 4.92. The molecule has 0 radical (unpaired) electrons. The number of rotatable bonds is 3.